The predicted molar refractivity (Wildman–Crippen MR) is 65.6 cm³/mol. The van der Waals surface area contributed by atoms with E-state index in [1.807, 2.05) is 0 Å². The fraction of sp³-hybridized carbons (Fsp3) is 0.462. The second kappa shape index (κ2) is 5.44. The van der Waals surface area contributed by atoms with E-state index in [-0.39, 0.29) is 31.5 Å². The van der Waals surface area contributed by atoms with Crippen LogP contribution in [0.1, 0.15) is 17.9 Å². The molecule has 0 aromatic heterocycles. The summed E-state index contributed by atoms with van der Waals surface area (Å²) in [7, 11) is 0. The molecule has 2 atom stereocenters. The first-order chi connectivity index (χ1) is 9.04. The highest BCUT2D eigenvalue weighted by molar-refractivity contribution is 5.65. The summed E-state index contributed by atoms with van der Waals surface area (Å²) in [5.74, 6) is -1.55. The number of aliphatic hydroxyl groups is 1. The van der Waals surface area contributed by atoms with Crippen molar-refractivity contribution < 1.29 is 24.5 Å². The van der Waals surface area contributed by atoms with Gasteiger partial charge in [-0.2, -0.15) is 0 Å². The topological polar surface area (TPSA) is 81.0 Å². The maximum atomic E-state index is 13.4. The molecule has 0 radical (unpaired) electrons. The number of amides is 1. The molecule has 3 N–H and O–H groups in total. The third kappa shape index (κ3) is 2.63. The Hall–Kier alpha value is -1.82. The highest BCUT2D eigenvalue weighted by Gasteiger charge is 2.37. The zero-order valence-electron chi connectivity index (χ0n) is 10.3. The first-order valence-electron chi connectivity index (χ1n) is 6.10. The van der Waals surface area contributed by atoms with Gasteiger partial charge in [0.05, 0.1) is 0 Å². The average molecular weight is 269 g/mol. The van der Waals surface area contributed by atoms with Crippen molar-refractivity contribution in [3.05, 3.63) is 29.6 Å². The average Bonchev–Trinajstić information content (AvgIpc) is 2.77. The van der Waals surface area contributed by atoms with Gasteiger partial charge in [0.2, 0.25) is 0 Å². The SMILES string of the molecule is O=C(O)N1C[C@@H](CCO)[C@H](c2cccc(F)c2O)C1. The molecule has 0 saturated carbocycles. The number of halogens is 1. The van der Waals surface area contributed by atoms with Crippen LogP contribution in [0.15, 0.2) is 18.2 Å². The third-order valence-corrected chi connectivity index (χ3v) is 3.63. The number of para-hydroxylation sites is 1. The number of rotatable bonds is 3. The minimum atomic E-state index is -1.04. The number of hydrogen-bond acceptors (Lipinski definition) is 3. The molecule has 5 nitrogen and oxygen atoms in total. The van der Waals surface area contributed by atoms with Gasteiger partial charge < -0.3 is 20.2 Å². The van der Waals surface area contributed by atoms with E-state index in [1.165, 1.54) is 11.0 Å². The third-order valence-electron chi connectivity index (χ3n) is 3.63. The molecule has 0 spiro atoms. The van der Waals surface area contributed by atoms with Gasteiger partial charge in [-0.15, -0.1) is 0 Å². The molecule has 1 saturated heterocycles. The lowest BCUT2D eigenvalue weighted by molar-refractivity contribution is 0.152. The van der Waals surface area contributed by atoms with Crippen LogP contribution in [0.25, 0.3) is 0 Å². The van der Waals surface area contributed by atoms with Crippen LogP contribution in [0.4, 0.5) is 9.18 Å². The Morgan fingerprint density at radius 3 is 2.79 bits per heavy atom. The lowest BCUT2D eigenvalue weighted by atomic mass is 9.86. The van der Waals surface area contributed by atoms with Gasteiger partial charge in [0.15, 0.2) is 11.6 Å². The summed E-state index contributed by atoms with van der Waals surface area (Å²) in [4.78, 5) is 12.2. The van der Waals surface area contributed by atoms with Crippen molar-refractivity contribution >= 4 is 6.09 Å². The van der Waals surface area contributed by atoms with Gasteiger partial charge in [-0.1, -0.05) is 12.1 Å². The van der Waals surface area contributed by atoms with Crippen molar-refractivity contribution in [1.29, 1.82) is 0 Å². The molecule has 104 valence electrons. The first kappa shape index (κ1) is 13.6. The number of phenolic OH excluding ortho intramolecular Hbond substituents is 1. The van der Waals surface area contributed by atoms with E-state index in [2.05, 4.69) is 0 Å². The van der Waals surface area contributed by atoms with Crippen molar-refractivity contribution in [3.8, 4) is 5.75 Å². The van der Waals surface area contributed by atoms with E-state index in [0.717, 1.165) is 6.07 Å². The van der Waals surface area contributed by atoms with Gasteiger partial charge in [-0.05, 0) is 18.4 Å². The van der Waals surface area contributed by atoms with E-state index >= 15 is 0 Å². The monoisotopic (exact) mass is 269 g/mol. The highest BCUT2D eigenvalue weighted by atomic mass is 19.1. The molecule has 1 aromatic rings. The van der Waals surface area contributed by atoms with Crippen molar-refractivity contribution in [1.82, 2.24) is 4.90 Å². The fourth-order valence-electron chi connectivity index (χ4n) is 2.67. The number of nitrogens with zero attached hydrogens (tertiary/aromatic N) is 1. The second-order valence-electron chi connectivity index (χ2n) is 4.74. The van der Waals surface area contributed by atoms with Crippen LogP contribution < -0.4 is 0 Å². The van der Waals surface area contributed by atoms with Gasteiger partial charge in [-0.25, -0.2) is 9.18 Å². The molecule has 1 aromatic carbocycles. The number of hydrogen-bond donors (Lipinski definition) is 3. The summed E-state index contributed by atoms with van der Waals surface area (Å²) in [6.07, 6.45) is -0.619. The minimum Gasteiger partial charge on any atom is -0.505 e. The number of aromatic hydroxyl groups is 1. The summed E-state index contributed by atoms with van der Waals surface area (Å²) < 4.78 is 13.4. The van der Waals surface area contributed by atoms with E-state index < -0.39 is 17.7 Å². The van der Waals surface area contributed by atoms with Crippen LogP contribution in [-0.4, -0.2) is 46.0 Å². The molecule has 0 bridgehead atoms. The van der Waals surface area contributed by atoms with E-state index in [0.29, 0.717) is 12.0 Å². The Morgan fingerprint density at radius 2 is 2.16 bits per heavy atom. The van der Waals surface area contributed by atoms with Crippen LogP contribution in [0.2, 0.25) is 0 Å². The van der Waals surface area contributed by atoms with Gasteiger partial charge in [0.1, 0.15) is 0 Å². The molecule has 1 fully saturated rings. The highest BCUT2D eigenvalue weighted by Crippen LogP contribution is 2.39. The molecule has 1 amide bonds. The normalized spacial score (nSPS) is 22.7. The zero-order chi connectivity index (χ0) is 14.0. The van der Waals surface area contributed by atoms with Crippen molar-refractivity contribution in [2.45, 2.75) is 12.3 Å². The molecule has 6 heteroatoms. The van der Waals surface area contributed by atoms with Crippen LogP contribution >= 0.6 is 0 Å². The Labute approximate surface area is 109 Å². The van der Waals surface area contributed by atoms with E-state index in [1.54, 1.807) is 6.07 Å². The Bertz CT molecular complexity index is 480. The molecular weight excluding hydrogens is 253 g/mol. The smallest absolute Gasteiger partial charge is 0.407 e. The number of phenols is 1. The molecule has 1 aliphatic rings. The quantitative estimate of drug-likeness (QED) is 0.778. The van der Waals surface area contributed by atoms with Gasteiger partial charge in [-0.3, -0.25) is 0 Å². The van der Waals surface area contributed by atoms with Crippen LogP contribution in [0.3, 0.4) is 0 Å². The summed E-state index contributed by atoms with van der Waals surface area (Å²) in [6, 6.07) is 4.24. The largest absolute Gasteiger partial charge is 0.505 e. The van der Waals surface area contributed by atoms with Crippen LogP contribution in [0, 0.1) is 11.7 Å². The number of benzene rings is 1. The maximum absolute atomic E-state index is 13.4. The Kier molecular flexibility index (Phi) is 3.90. The summed E-state index contributed by atoms with van der Waals surface area (Å²) in [5.41, 5.74) is 0.405. The van der Waals surface area contributed by atoms with Crippen molar-refractivity contribution in [2.75, 3.05) is 19.7 Å². The van der Waals surface area contributed by atoms with Crippen LogP contribution in [-0.2, 0) is 0 Å². The number of likely N-dealkylation sites (tertiary alicyclic amines) is 1. The molecule has 19 heavy (non-hydrogen) atoms. The first-order valence-corrected chi connectivity index (χ1v) is 6.10. The second-order valence-corrected chi connectivity index (χ2v) is 4.74. The van der Waals surface area contributed by atoms with Crippen molar-refractivity contribution in [2.24, 2.45) is 5.92 Å². The zero-order valence-corrected chi connectivity index (χ0v) is 10.3. The summed E-state index contributed by atoms with van der Waals surface area (Å²) >= 11 is 0. The predicted octanol–water partition coefficient (Wildman–Crippen LogP) is 1.61. The van der Waals surface area contributed by atoms with E-state index in [9.17, 15) is 14.3 Å². The lowest BCUT2D eigenvalue weighted by Gasteiger charge is -2.18. The number of carbonyl (C=O) groups is 1. The minimum absolute atomic E-state index is 0.0648. The molecular formula is C13H16FNO4. The standard InChI is InChI=1S/C13H16FNO4/c14-11-3-1-2-9(12(11)17)10-7-15(13(18)19)6-8(10)4-5-16/h1-3,8,10,16-17H,4-7H2,(H,18,19)/t8-,10-/m1/s1. The Balaban J connectivity index is 2.30. The fourth-order valence-corrected chi connectivity index (χ4v) is 2.67. The summed E-state index contributed by atoms with van der Waals surface area (Å²) in [6.45, 7) is 0.429. The van der Waals surface area contributed by atoms with Crippen LogP contribution in [0.5, 0.6) is 5.75 Å². The van der Waals surface area contributed by atoms with Gasteiger partial charge in [0, 0.05) is 31.2 Å². The molecule has 2 rings (SSSR count). The lowest BCUT2D eigenvalue weighted by Crippen LogP contribution is -2.26. The number of carboxylic acid groups (broad SMARTS) is 1. The Morgan fingerprint density at radius 1 is 1.42 bits per heavy atom. The molecule has 0 aliphatic carbocycles. The van der Waals surface area contributed by atoms with Gasteiger partial charge >= 0.3 is 6.09 Å². The van der Waals surface area contributed by atoms with Crippen molar-refractivity contribution in [3.63, 3.8) is 0 Å². The summed E-state index contributed by atoms with van der Waals surface area (Å²) in [5, 5.41) is 27.8. The maximum Gasteiger partial charge on any atom is 0.407 e. The molecule has 1 heterocycles. The van der Waals surface area contributed by atoms with E-state index in [4.69, 9.17) is 10.2 Å². The molecule has 1 aliphatic heterocycles. The van der Waals surface area contributed by atoms with Gasteiger partial charge in [0.25, 0.3) is 0 Å². The molecule has 0 unspecified atom stereocenters. The number of aliphatic hydroxyl groups excluding tert-OH is 1.